The van der Waals surface area contributed by atoms with Crippen molar-refractivity contribution in [3.05, 3.63) is 24.2 Å². The minimum atomic E-state index is -0.986. The molecule has 0 radical (unpaired) electrons. The molecule has 3 unspecified atom stereocenters. The Morgan fingerprint density at radius 3 is 2.19 bits per heavy atom. The summed E-state index contributed by atoms with van der Waals surface area (Å²) in [7, 11) is -0.128. The first-order valence-electron chi connectivity index (χ1n) is 16.9. The van der Waals surface area contributed by atoms with Crippen LogP contribution in [0.3, 0.4) is 0 Å². The van der Waals surface area contributed by atoms with E-state index in [2.05, 4.69) is 23.1 Å². The second-order valence-electron chi connectivity index (χ2n) is 11.9. The van der Waals surface area contributed by atoms with E-state index in [4.69, 9.17) is 24.3 Å². The number of nitrogens with two attached hydrogens (primary N) is 1. The third-order valence-corrected chi connectivity index (χ3v) is 8.91. The molecule has 1 fully saturated rings. The van der Waals surface area contributed by atoms with Crippen molar-refractivity contribution in [2.75, 3.05) is 32.2 Å². The van der Waals surface area contributed by atoms with Crippen LogP contribution in [0.15, 0.2) is 18.5 Å². The van der Waals surface area contributed by atoms with Crippen LogP contribution in [0.2, 0.25) is 0 Å². The van der Waals surface area contributed by atoms with Gasteiger partial charge in [0.1, 0.15) is 24.0 Å². The highest BCUT2D eigenvalue weighted by molar-refractivity contribution is 7.26. The van der Waals surface area contributed by atoms with E-state index < -0.39 is 5.60 Å². The van der Waals surface area contributed by atoms with Gasteiger partial charge < -0.3 is 24.3 Å². The number of rotatable bonds is 26. The van der Waals surface area contributed by atoms with E-state index in [9.17, 15) is 5.26 Å². The molecule has 1 aliphatic rings. The molecule has 0 bridgehead atoms. The van der Waals surface area contributed by atoms with Gasteiger partial charge in [0.25, 0.3) is 0 Å². The van der Waals surface area contributed by atoms with Gasteiger partial charge in [0.05, 0.1) is 18.9 Å². The highest BCUT2D eigenvalue weighted by Gasteiger charge is 2.42. The molecule has 0 amide bonds. The average Bonchev–Trinajstić information content (AvgIpc) is 3.65. The summed E-state index contributed by atoms with van der Waals surface area (Å²) in [6.07, 6.45) is 25.4. The van der Waals surface area contributed by atoms with E-state index in [0.29, 0.717) is 31.9 Å². The van der Waals surface area contributed by atoms with Crippen LogP contribution in [0.5, 0.6) is 0 Å². The fourth-order valence-corrected chi connectivity index (χ4v) is 6.32. The van der Waals surface area contributed by atoms with Crippen LogP contribution in [0.4, 0.5) is 5.82 Å². The summed E-state index contributed by atoms with van der Waals surface area (Å²) in [6, 6.07) is 6.11. The van der Waals surface area contributed by atoms with Gasteiger partial charge in [-0.15, -0.1) is 0 Å². The molecule has 3 heterocycles. The van der Waals surface area contributed by atoms with Crippen molar-refractivity contribution in [1.29, 1.82) is 5.26 Å². The number of aromatic nitrogens is 3. The summed E-state index contributed by atoms with van der Waals surface area (Å²) in [5, 5.41) is 14.1. The van der Waals surface area contributed by atoms with Gasteiger partial charge in [0.15, 0.2) is 20.5 Å². The van der Waals surface area contributed by atoms with Crippen LogP contribution in [0.25, 0.3) is 5.52 Å². The van der Waals surface area contributed by atoms with Crippen molar-refractivity contribution in [2.24, 2.45) is 0 Å². The largest absolute Gasteiger partial charge is 0.382 e. The molecule has 3 atom stereocenters. The number of hydrogen-bond acceptors (Lipinski definition) is 8. The second-order valence-corrected chi connectivity index (χ2v) is 12.7. The minimum absolute atomic E-state index is 0.128. The molecule has 10 heteroatoms. The Bertz CT molecular complexity index is 1050. The first kappa shape index (κ1) is 35.7. The molecule has 0 aromatic carbocycles. The maximum absolute atomic E-state index is 9.81. The molecule has 9 nitrogen and oxygen atoms in total. The molecule has 0 saturated carbocycles. The van der Waals surface area contributed by atoms with Gasteiger partial charge in [0.2, 0.25) is 0 Å². The van der Waals surface area contributed by atoms with E-state index in [1.807, 2.05) is 12.1 Å². The fraction of sp³-hybridized carbons (Fsp3) is 0.788. The number of nitrogen functional groups attached to an aromatic ring is 1. The standard InChI is InChI=1S/C33H56N5O4P/c1-2-3-4-5-6-7-8-9-10-11-12-13-14-15-16-17-23-39-24-18-25-40-43-41-27-33(26-34)22-21-31(42-33)29-19-20-30-32(35)36-28-37-38(29)30/h19-20,28,31,43H,2-18,21-25,27H2,1H3,(H2,35,36,37). The predicted octanol–water partition coefficient (Wildman–Crippen LogP) is 8.64. The lowest BCUT2D eigenvalue weighted by atomic mass is 10.0. The molecule has 242 valence electrons. The van der Waals surface area contributed by atoms with Crippen molar-refractivity contribution in [3.8, 4) is 6.07 Å². The number of nitrogens with zero attached hydrogens (tertiary/aromatic N) is 4. The maximum atomic E-state index is 9.81. The molecule has 1 saturated heterocycles. The summed E-state index contributed by atoms with van der Waals surface area (Å²) < 4.78 is 25.0. The molecule has 2 aromatic rings. The number of anilines is 1. The summed E-state index contributed by atoms with van der Waals surface area (Å²) in [4.78, 5) is 4.02. The molecular weight excluding hydrogens is 561 g/mol. The first-order valence-corrected chi connectivity index (χ1v) is 17.7. The molecule has 2 aromatic heterocycles. The van der Waals surface area contributed by atoms with Crippen molar-refractivity contribution in [1.82, 2.24) is 14.6 Å². The van der Waals surface area contributed by atoms with Gasteiger partial charge in [-0.2, -0.15) is 10.4 Å². The van der Waals surface area contributed by atoms with E-state index in [0.717, 1.165) is 30.7 Å². The van der Waals surface area contributed by atoms with Gasteiger partial charge in [-0.25, -0.2) is 9.50 Å². The summed E-state index contributed by atoms with van der Waals surface area (Å²) in [5.41, 5.74) is 6.54. The molecule has 0 aliphatic carbocycles. The topological polar surface area (TPSA) is 117 Å². The third kappa shape index (κ3) is 13.4. The smallest absolute Gasteiger partial charge is 0.178 e. The lowest BCUT2D eigenvalue weighted by Crippen LogP contribution is -2.31. The van der Waals surface area contributed by atoms with Crippen LogP contribution in [-0.2, 0) is 18.5 Å². The van der Waals surface area contributed by atoms with Crippen LogP contribution in [-0.4, -0.2) is 46.6 Å². The van der Waals surface area contributed by atoms with Gasteiger partial charge in [0, 0.05) is 13.2 Å². The number of unbranched alkanes of at least 4 members (excludes halogenated alkanes) is 15. The van der Waals surface area contributed by atoms with Crippen LogP contribution in [0.1, 0.15) is 141 Å². The normalized spacial score (nSPS) is 18.7. The van der Waals surface area contributed by atoms with Gasteiger partial charge in [-0.05, 0) is 37.8 Å². The Labute approximate surface area is 261 Å². The predicted molar refractivity (Wildman–Crippen MR) is 174 cm³/mol. The van der Waals surface area contributed by atoms with Crippen LogP contribution in [0, 0.1) is 11.3 Å². The zero-order valence-electron chi connectivity index (χ0n) is 26.6. The average molecular weight is 618 g/mol. The zero-order valence-corrected chi connectivity index (χ0v) is 27.6. The van der Waals surface area contributed by atoms with Crippen molar-refractivity contribution < 1.29 is 18.5 Å². The van der Waals surface area contributed by atoms with E-state index in [1.165, 1.54) is 103 Å². The number of nitriles is 1. The van der Waals surface area contributed by atoms with E-state index >= 15 is 0 Å². The fourth-order valence-electron chi connectivity index (χ4n) is 5.72. The lowest BCUT2D eigenvalue weighted by molar-refractivity contribution is -0.0319. The Morgan fingerprint density at radius 1 is 0.907 bits per heavy atom. The van der Waals surface area contributed by atoms with Crippen LogP contribution < -0.4 is 5.73 Å². The minimum Gasteiger partial charge on any atom is -0.382 e. The molecule has 3 rings (SSSR count). The van der Waals surface area contributed by atoms with Gasteiger partial charge in [-0.3, -0.25) is 0 Å². The van der Waals surface area contributed by atoms with Gasteiger partial charge in [-0.1, -0.05) is 103 Å². The monoisotopic (exact) mass is 617 g/mol. The Kier molecular flexibility index (Phi) is 18.1. The summed E-state index contributed by atoms with van der Waals surface area (Å²) >= 11 is 0. The molecule has 2 N–H and O–H groups in total. The quantitative estimate of drug-likeness (QED) is 0.0823. The lowest BCUT2D eigenvalue weighted by Gasteiger charge is -2.21. The number of hydrogen-bond donors (Lipinski definition) is 1. The Balaban J connectivity index is 1.07. The molecular formula is C33H56N5O4P. The van der Waals surface area contributed by atoms with Crippen molar-refractivity contribution >= 4 is 20.4 Å². The van der Waals surface area contributed by atoms with Gasteiger partial charge >= 0.3 is 0 Å². The SMILES string of the molecule is CCCCCCCCCCCCCCCCCCOCCCOPOCC1(C#N)CCC(c2ccc3c(N)ncnn23)O1. The highest BCUT2D eigenvalue weighted by Crippen LogP contribution is 2.40. The Morgan fingerprint density at radius 2 is 1.53 bits per heavy atom. The van der Waals surface area contributed by atoms with Crippen LogP contribution >= 0.6 is 9.03 Å². The number of fused-ring (bicyclic) bond motifs is 1. The van der Waals surface area contributed by atoms with E-state index in [1.54, 1.807) is 4.52 Å². The number of ether oxygens (including phenoxy) is 2. The first-order chi connectivity index (χ1) is 21.2. The Hall–Kier alpha value is -1.82. The third-order valence-electron chi connectivity index (χ3n) is 8.32. The zero-order chi connectivity index (χ0) is 30.4. The second kappa shape index (κ2) is 21.8. The molecule has 0 spiro atoms. The summed E-state index contributed by atoms with van der Waals surface area (Å²) in [5.74, 6) is 0.415. The molecule has 43 heavy (non-hydrogen) atoms. The van der Waals surface area contributed by atoms with E-state index in [-0.39, 0.29) is 21.7 Å². The molecule has 1 aliphatic heterocycles. The maximum Gasteiger partial charge on any atom is 0.178 e. The van der Waals surface area contributed by atoms with Crippen molar-refractivity contribution in [3.63, 3.8) is 0 Å². The summed E-state index contributed by atoms with van der Waals surface area (Å²) in [6.45, 7) is 4.57. The highest BCUT2D eigenvalue weighted by atomic mass is 31.1. The van der Waals surface area contributed by atoms with Crippen molar-refractivity contribution in [2.45, 2.75) is 141 Å².